The number of nitrogens with zero attached hydrogens (tertiary/aromatic N) is 3. The summed E-state index contributed by atoms with van der Waals surface area (Å²) in [6.45, 7) is 1.44. The van der Waals surface area contributed by atoms with E-state index in [1.807, 2.05) is 23.1 Å². The predicted molar refractivity (Wildman–Crippen MR) is 71.6 cm³/mol. The van der Waals surface area contributed by atoms with Crippen molar-refractivity contribution < 1.29 is 9.59 Å². The molecule has 6 heteroatoms. The highest BCUT2D eigenvalue weighted by Gasteiger charge is 2.30. The van der Waals surface area contributed by atoms with Crippen molar-refractivity contribution >= 4 is 23.4 Å². The highest BCUT2D eigenvalue weighted by molar-refractivity contribution is 6.17. The summed E-state index contributed by atoms with van der Waals surface area (Å²) in [4.78, 5) is 31.1. The van der Waals surface area contributed by atoms with Gasteiger partial charge in [-0.25, -0.2) is 0 Å². The fraction of sp³-hybridized carbons (Fsp3) is 0.462. The van der Waals surface area contributed by atoms with Gasteiger partial charge in [-0.2, -0.15) is 0 Å². The summed E-state index contributed by atoms with van der Waals surface area (Å²) in [5, 5.41) is 0. The Morgan fingerprint density at radius 3 is 2.53 bits per heavy atom. The zero-order valence-corrected chi connectivity index (χ0v) is 11.3. The Kier molecular flexibility index (Phi) is 4.87. The Morgan fingerprint density at radius 1 is 1.21 bits per heavy atom. The Balaban J connectivity index is 1.94. The molecule has 0 aliphatic carbocycles. The standard InChI is InChI=1S/C13H16ClN3O2/c14-5-3-7-17-12(18)9-16(10-13(17)19)8-11-4-1-2-6-15-11/h1-2,4,6H,3,5,7-10H2. The topological polar surface area (TPSA) is 53.5 Å². The lowest BCUT2D eigenvalue weighted by atomic mass is 10.2. The minimum absolute atomic E-state index is 0.155. The van der Waals surface area contributed by atoms with Crippen molar-refractivity contribution in [3.05, 3.63) is 30.1 Å². The van der Waals surface area contributed by atoms with E-state index in [0.717, 1.165) is 5.69 Å². The van der Waals surface area contributed by atoms with Crippen molar-refractivity contribution in [1.29, 1.82) is 0 Å². The van der Waals surface area contributed by atoms with Crippen LogP contribution >= 0.6 is 11.6 Å². The molecule has 0 spiro atoms. The molecular weight excluding hydrogens is 266 g/mol. The molecule has 0 atom stereocenters. The number of halogens is 1. The van der Waals surface area contributed by atoms with Crippen molar-refractivity contribution in [2.45, 2.75) is 13.0 Å². The van der Waals surface area contributed by atoms with Gasteiger partial charge in [-0.1, -0.05) is 6.07 Å². The molecule has 0 unspecified atom stereocenters. The highest BCUT2D eigenvalue weighted by atomic mass is 35.5. The van der Waals surface area contributed by atoms with Crippen LogP contribution in [0.3, 0.4) is 0 Å². The molecule has 19 heavy (non-hydrogen) atoms. The second-order valence-electron chi connectivity index (χ2n) is 4.45. The van der Waals surface area contributed by atoms with E-state index >= 15 is 0 Å². The summed E-state index contributed by atoms with van der Waals surface area (Å²) in [5.41, 5.74) is 0.859. The average Bonchev–Trinajstić information content (AvgIpc) is 2.39. The molecule has 1 aromatic rings. The molecule has 0 bridgehead atoms. The quantitative estimate of drug-likeness (QED) is 0.594. The normalized spacial score (nSPS) is 17.0. The van der Waals surface area contributed by atoms with Gasteiger partial charge in [-0.3, -0.25) is 24.4 Å². The molecule has 5 nitrogen and oxygen atoms in total. The van der Waals surface area contributed by atoms with Gasteiger partial charge in [0.1, 0.15) is 0 Å². The maximum Gasteiger partial charge on any atom is 0.243 e. The monoisotopic (exact) mass is 281 g/mol. The fourth-order valence-electron chi connectivity index (χ4n) is 2.05. The van der Waals surface area contributed by atoms with E-state index in [4.69, 9.17) is 11.6 Å². The van der Waals surface area contributed by atoms with Crippen molar-refractivity contribution in [2.24, 2.45) is 0 Å². The lowest BCUT2D eigenvalue weighted by molar-refractivity contribution is -0.151. The smallest absolute Gasteiger partial charge is 0.243 e. The van der Waals surface area contributed by atoms with Crippen LogP contribution in [0.1, 0.15) is 12.1 Å². The first-order valence-corrected chi connectivity index (χ1v) is 6.75. The molecule has 1 fully saturated rings. The number of hydrogen-bond acceptors (Lipinski definition) is 4. The SMILES string of the molecule is O=C1CN(Cc2ccccn2)CC(=O)N1CCCCl. The second kappa shape index (κ2) is 6.63. The van der Waals surface area contributed by atoms with Crippen LogP contribution in [-0.4, -0.2) is 52.1 Å². The number of pyridine rings is 1. The predicted octanol–water partition coefficient (Wildman–Crippen LogP) is 0.881. The van der Waals surface area contributed by atoms with Crippen LogP contribution in [0, 0.1) is 0 Å². The Morgan fingerprint density at radius 2 is 1.95 bits per heavy atom. The number of piperazine rings is 1. The summed E-state index contributed by atoms with van der Waals surface area (Å²) in [6, 6.07) is 5.61. The van der Waals surface area contributed by atoms with E-state index in [1.54, 1.807) is 6.20 Å². The molecule has 1 saturated heterocycles. The maximum absolute atomic E-state index is 11.9. The van der Waals surface area contributed by atoms with Crippen LogP contribution in [-0.2, 0) is 16.1 Å². The van der Waals surface area contributed by atoms with E-state index in [9.17, 15) is 9.59 Å². The largest absolute Gasteiger partial charge is 0.280 e. The van der Waals surface area contributed by atoms with Gasteiger partial charge in [0, 0.05) is 25.2 Å². The molecule has 1 aliphatic heterocycles. The molecule has 1 aliphatic rings. The van der Waals surface area contributed by atoms with Gasteiger partial charge in [0.15, 0.2) is 0 Å². The number of carbonyl (C=O) groups excluding carboxylic acids is 2. The highest BCUT2D eigenvalue weighted by Crippen LogP contribution is 2.09. The Hall–Kier alpha value is -1.46. The van der Waals surface area contributed by atoms with Gasteiger partial charge < -0.3 is 0 Å². The number of amides is 2. The third-order valence-electron chi connectivity index (χ3n) is 2.95. The molecule has 0 N–H and O–H groups in total. The summed E-state index contributed by atoms with van der Waals surface area (Å²) in [7, 11) is 0. The maximum atomic E-state index is 11.9. The van der Waals surface area contributed by atoms with Crippen LogP contribution < -0.4 is 0 Å². The Labute approximate surface area is 117 Å². The first-order valence-electron chi connectivity index (χ1n) is 6.22. The van der Waals surface area contributed by atoms with Crippen LogP contribution in [0.15, 0.2) is 24.4 Å². The van der Waals surface area contributed by atoms with Crippen LogP contribution in [0.25, 0.3) is 0 Å². The molecule has 102 valence electrons. The lowest BCUT2D eigenvalue weighted by Gasteiger charge is -2.32. The average molecular weight is 282 g/mol. The van der Waals surface area contributed by atoms with Gasteiger partial charge in [-0.05, 0) is 18.6 Å². The van der Waals surface area contributed by atoms with E-state index in [1.165, 1.54) is 4.90 Å². The van der Waals surface area contributed by atoms with Gasteiger partial charge in [0.25, 0.3) is 0 Å². The molecule has 0 saturated carbocycles. The first kappa shape index (κ1) is 14.0. The summed E-state index contributed by atoms with van der Waals surface area (Å²) in [6.07, 6.45) is 2.34. The molecule has 2 rings (SSSR count). The van der Waals surface area contributed by atoms with Crippen molar-refractivity contribution in [1.82, 2.24) is 14.8 Å². The van der Waals surface area contributed by atoms with Gasteiger partial charge in [0.05, 0.1) is 18.8 Å². The molecule has 2 amide bonds. The zero-order valence-electron chi connectivity index (χ0n) is 10.6. The fourth-order valence-corrected chi connectivity index (χ4v) is 2.17. The summed E-state index contributed by atoms with van der Waals surface area (Å²) >= 11 is 5.58. The minimum Gasteiger partial charge on any atom is -0.280 e. The third-order valence-corrected chi connectivity index (χ3v) is 3.21. The molecule has 2 heterocycles. The number of hydrogen-bond donors (Lipinski definition) is 0. The van der Waals surface area contributed by atoms with Gasteiger partial charge in [0.2, 0.25) is 11.8 Å². The molecule has 0 radical (unpaired) electrons. The third kappa shape index (κ3) is 3.75. The number of rotatable bonds is 5. The zero-order chi connectivity index (χ0) is 13.7. The van der Waals surface area contributed by atoms with Crippen molar-refractivity contribution in [3.63, 3.8) is 0 Å². The van der Waals surface area contributed by atoms with Gasteiger partial charge >= 0.3 is 0 Å². The number of imide groups is 1. The van der Waals surface area contributed by atoms with E-state index < -0.39 is 0 Å². The first-order chi connectivity index (χ1) is 9.20. The van der Waals surface area contributed by atoms with E-state index in [0.29, 0.717) is 25.4 Å². The molecule has 0 aromatic carbocycles. The number of carbonyl (C=O) groups is 2. The second-order valence-corrected chi connectivity index (χ2v) is 4.83. The van der Waals surface area contributed by atoms with Crippen molar-refractivity contribution in [3.8, 4) is 0 Å². The molecular formula is C13H16ClN3O2. The van der Waals surface area contributed by atoms with Crippen LogP contribution in [0.5, 0.6) is 0 Å². The summed E-state index contributed by atoms with van der Waals surface area (Å²) < 4.78 is 0. The lowest BCUT2D eigenvalue weighted by Crippen LogP contribution is -2.53. The van der Waals surface area contributed by atoms with Crippen LogP contribution in [0.4, 0.5) is 0 Å². The number of alkyl halides is 1. The Bertz CT molecular complexity index is 434. The minimum atomic E-state index is -0.155. The van der Waals surface area contributed by atoms with Crippen LogP contribution in [0.2, 0.25) is 0 Å². The summed E-state index contributed by atoms with van der Waals surface area (Å²) in [5.74, 6) is 0.143. The van der Waals surface area contributed by atoms with E-state index in [-0.39, 0.29) is 24.9 Å². The number of aromatic nitrogens is 1. The van der Waals surface area contributed by atoms with Crippen molar-refractivity contribution in [2.75, 3.05) is 25.5 Å². The molecule has 1 aromatic heterocycles. The van der Waals surface area contributed by atoms with E-state index in [2.05, 4.69) is 4.98 Å². The van der Waals surface area contributed by atoms with Gasteiger partial charge in [-0.15, -0.1) is 11.6 Å².